The van der Waals surface area contributed by atoms with E-state index >= 15 is 0 Å². The Morgan fingerprint density at radius 3 is 2.56 bits per heavy atom. The lowest BCUT2D eigenvalue weighted by atomic mass is 10.3. The summed E-state index contributed by atoms with van der Waals surface area (Å²) < 4.78 is 0. The third-order valence-electron chi connectivity index (χ3n) is 2.69. The lowest BCUT2D eigenvalue weighted by Gasteiger charge is -2.28. The Labute approximate surface area is 96.0 Å². The number of rotatable bonds is 3. The molecule has 0 spiro atoms. The van der Waals surface area contributed by atoms with Crippen molar-refractivity contribution in [3.63, 3.8) is 0 Å². The van der Waals surface area contributed by atoms with E-state index in [1.54, 1.807) is 14.1 Å². The molecular formula is C10H20N4O2. The van der Waals surface area contributed by atoms with E-state index in [1.165, 1.54) is 4.90 Å². The molecule has 0 unspecified atom stereocenters. The molecule has 92 valence electrons. The SMILES string of the molecule is CNC(=O)N(C)CCC(=O)N1CCNCC1. The second kappa shape index (κ2) is 6.32. The van der Waals surface area contributed by atoms with Crippen molar-refractivity contribution < 1.29 is 9.59 Å². The average Bonchev–Trinajstić information content (AvgIpc) is 2.35. The fourth-order valence-corrected chi connectivity index (χ4v) is 1.63. The number of hydrogen-bond donors (Lipinski definition) is 2. The first-order chi connectivity index (χ1) is 7.65. The van der Waals surface area contributed by atoms with E-state index in [9.17, 15) is 9.59 Å². The highest BCUT2D eigenvalue weighted by molar-refractivity contribution is 5.78. The predicted molar refractivity (Wildman–Crippen MR) is 61.2 cm³/mol. The maximum Gasteiger partial charge on any atom is 0.316 e. The summed E-state index contributed by atoms with van der Waals surface area (Å²) in [4.78, 5) is 26.3. The van der Waals surface area contributed by atoms with Gasteiger partial charge in [-0.25, -0.2) is 4.79 Å². The number of nitrogens with zero attached hydrogens (tertiary/aromatic N) is 2. The molecule has 1 rings (SSSR count). The lowest BCUT2D eigenvalue weighted by Crippen LogP contribution is -2.47. The molecule has 1 heterocycles. The molecule has 0 aromatic rings. The Morgan fingerprint density at radius 1 is 1.38 bits per heavy atom. The van der Waals surface area contributed by atoms with Crippen LogP contribution in [0.1, 0.15) is 6.42 Å². The van der Waals surface area contributed by atoms with Crippen LogP contribution in [0.2, 0.25) is 0 Å². The molecule has 1 fully saturated rings. The number of nitrogens with one attached hydrogen (secondary N) is 2. The Morgan fingerprint density at radius 2 is 2.00 bits per heavy atom. The lowest BCUT2D eigenvalue weighted by molar-refractivity contribution is -0.131. The number of carbonyl (C=O) groups is 2. The van der Waals surface area contributed by atoms with Crippen molar-refractivity contribution in [2.45, 2.75) is 6.42 Å². The summed E-state index contributed by atoms with van der Waals surface area (Å²) in [6.45, 7) is 3.71. The molecule has 0 aliphatic carbocycles. The van der Waals surface area contributed by atoms with Crippen molar-refractivity contribution in [3.05, 3.63) is 0 Å². The third kappa shape index (κ3) is 3.69. The van der Waals surface area contributed by atoms with Gasteiger partial charge in [0.25, 0.3) is 0 Å². The van der Waals surface area contributed by atoms with Crippen LogP contribution in [0, 0.1) is 0 Å². The summed E-state index contributed by atoms with van der Waals surface area (Å²) in [5.41, 5.74) is 0. The molecule has 0 aromatic carbocycles. The highest BCUT2D eigenvalue weighted by atomic mass is 16.2. The summed E-state index contributed by atoms with van der Waals surface area (Å²) in [5.74, 6) is 0.122. The molecule has 0 atom stereocenters. The molecule has 3 amide bonds. The summed E-state index contributed by atoms with van der Waals surface area (Å²) >= 11 is 0. The van der Waals surface area contributed by atoms with E-state index in [4.69, 9.17) is 0 Å². The zero-order valence-electron chi connectivity index (χ0n) is 9.95. The van der Waals surface area contributed by atoms with Crippen molar-refractivity contribution >= 4 is 11.9 Å². The first-order valence-corrected chi connectivity index (χ1v) is 5.56. The van der Waals surface area contributed by atoms with E-state index in [1.807, 2.05) is 4.90 Å². The van der Waals surface area contributed by atoms with Crippen LogP contribution in [0.3, 0.4) is 0 Å². The first-order valence-electron chi connectivity index (χ1n) is 5.56. The van der Waals surface area contributed by atoms with Crippen molar-refractivity contribution in [1.29, 1.82) is 0 Å². The van der Waals surface area contributed by atoms with Crippen molar-refractivity contribution in [1.82, 2.24) is 20.4 Å². The Hall–Kier alpha value is -1.30. The van der Waals surface area contributed by atoms with E-state index in [2.05, 4.69) is 10.6 Å². The summed E-state index contributed by atoms with van der Waals surface area (Å²) in [7, 11) is 3.26. The van der Waals surface area contributed by atoms with Crippen LogP contribution < -0.4 is 10.6 Å². The first kappa shape index (κ1) is 12.8. The Bertz CT molecular complexity index is 251. The van der Waals surface area contributed by atoms with Crippen molar-refractivity contribution in [2.75, 3.05) is 46.8 Å². The van der Waals surface area contributed by atoms with Crippen LogP contribution in [0.4, 0.5) is 4.79 Å². The van der Waals surface area contributed by atoms with E-state index in [0.29, 0.717) is 13.0 Å². The van der Waals surface area contributed by atoms with E-state index in [-0.39, 0.29) is 11.9 Å². The number of hydrogen-bond acceptors (Lipinski definition) is 3. The van der Waals surface area contributed by atoms with Crippen LogP contribution in [-0.2, 0) is 4.79 Å². The zero-order valence-corrected chi connectivity index (χ0v) is 9.95. The van der Waals surface area contributed by atoms with Crippen LogP contribution in [0.5, 0.6) is 0 Å². The highest BCUT2D eigenvalue weighted by Gasteiger charge is 2.17. The fourth-order valence-electron chi connectivity index (χ4n) is 1.63. The second-order valence-electron chi connectivity index (χ2n) is 3.86. The number of urea groups is 1. The van der Waals surface area contributed by atoms with Gasteiger partial charge in [0.2, 0.25) is 5.91 Å². The zero-order chi connectivity index (χ0) is 12.0. The number of amides is 3. The maximum absolute atomic E-state index is 11.8. The summed E-state index contributed by atoms with van der Waals surface area (Å²) in [5, 5.41) is 5.71. The van der Waals surface area contributed by atoms with Gasteiger partial charge in [0.15, 0.2) is 0 Å². The molecule has 0 bridgehead atoms. The van der Waals surface area contributed by atoms with Crippen LogP contribution in [0.25, 0.3) is 0 Å². The van der Waals surface area contributed by atoms with Gasteiger partial charge in [-0.1, -0.05) is 0 Å². The van der Waals surface area contributed by atoms with Gasteiger partial charge in [0, 0.05) is 53.2 Å². The highest BCUT2D eigenvalue weighted by Crippen LogP contribution is 1.98. The smallest absolute Gasteiger partial charge is 0.316 e. The van der Waals surface area contributed by atoms with E-state index in [0.717, 1.165) is 26.2 Å². The standard InChI is InChI=1S/C10H20N4O2/c1-11-10(16)13(2)6-3-9(15)14-7-4-12-5-8-14/h12H,3-8H2,1-2H3,(H,11,16). The molecule has 1 saturated heterocycles. The minimum Gasteiger partial charge on any atom is -0.341 e. The molecule has 6 heteroatoms. The Kier molecular flexibility index (Phi) is 5.04. The third-order valence-corrected chi connectivity index (χ3v) is 2.69. The number of carbonyl (C=O) groups excluding carboxylic acids is 2. The predicted octanol–water partition coefficient (Wildman–Crippen LogP) is -0.920. The number of piperazine rings is 1. The molecule has 16 heavy (non-hydrogen) atoms. The van der Waals surface area contributed by atoms with Crippen molar-refractivity contribution in [2.24, 2.45) is 0 Å². The van der Waals surface area contributed by atoms with E-state index < -0.39 is 0 Å². The van der Waals surface area contributed by atoms with Gasteiger partial charge in [-0.05, 0) is 0 Å². The second-order valence-corrected chi connectivity index (χ2v) is 3.86. The van der Waals surface area contributed by atoms with Gasteiger partial charge in [-0.2, -0.15) is 0 Å². The van der Waals surface area contributed by atoms with Gasteiger partial charge >= 0.3 is 6.03 Å². The van der Waals surface area contributed by atoms with Crippen LogP contribution >= 0.6 is 0 Å². The van der Waals surface area contributed by atoms with Gasteiger partial charge < -0.3 is 20.4 Å². The fraction of sp³-hybridized carbons (Fsp3) is 0.800. The molecule has 1 aliphatic heterocycles. The topological polar surface area (TPSA) is 64.7 Å². The molecule has 0 radical (unpaired) electrons. The summed E-state index contributed by atoms with van der Waals surface area (Å²) in [6.07, 6.45) is 0.393. The average molecular weight is 228 g/mol. The molecular weight excluding hydrogens is 208 g/mol. The normalized spacial score (nSPS) is 15.8. The molecule has 0 aromatic heterocycles. The molecule has 2 N–H and O–H groups in total. The molecule has 6 nitrogen and oxygen atoms in total. The monoisotopic (exact) mass is 228 g/mol. The Balaban J connectivity index is 2.26. The van der Waals surface area contributed by atoms with Gasteiger partial charge in [-0.15, -0.1) is 0 Å². The van der Waals surface area contributed by atoms with Gasteiger partial charge in [0.05, 0.1) is 0 Å². The largest absolute Gasteiger partial charge is 0.341 e. The van der Waals surface area contributed by atoms with Crippen molar-refractivity contribution in [3.8, 4) is 0 Å². The molecule has 1 aliphatic rings. The van der Waals surface area contributed by atoms with Gasteiger partial charge in [0.1, 0.15) is 0 Å². The summed E-state index contributed by atoms with van der Waals surface area (Å²) in [6, 6.07) is -0.159. The quantitative estimate of drug-likeness (QED) is 0.656. The van der Waals surface area contributed by atoms with Crippen LogP contribution in [0.15, 0.2) is 0 Å². The minimum atomic E-state index is -0.159. The molecule has 0 saturated carbocycles. The minimum absolute atomic E-state index is 0.122. The van der Waals surface area contributed by atoms with Crippen LogP contribution in [-0.4, -0.2) is 68.6 Å². The maximum atomic E-state index is 11.8. The van der Waals surface area contributed by atoms with Gasteiger partial charge in [-0.3, -0.25) is 4.79 Å².